The van der Waals surface area contributed by atoms with Gasteiger partial charge in [0.1, 0.15) is 5.58 Å². The maximum Gasteiger partial charge on any atom is 0.336 e. The van der Waals surface area contributed by atoms with Crippen molar-refractivity contribution in [1.29, 1.82) is 0 Å². The molecule has 1 aromatic carbocycles. The molecule has 94 valence electrons. The predicted octanol–water partition coefficient (Wildman–Crippen LogP) is 1.82. The van der Waals surface area contributed by atoms with Gasteiger partial charge in [0.15, 0.2) is 0 Å². The Morgan fingerprint density at radius 1 is 1.39 bits per heavy atom. The summed E-state index contributed by atoms with van der Waals surface area (Å²) in [7, 11) is 0. The van der Waals surface area contributed by atoms with Crippen molar-refractivity contribution in [1.82, 2.24) is 0 Å². The Hall–Kier alpha value is -1.75. The molecular weight excluding hydrogens is 250 g/mol. The predicted molar refractivity (Wildman–Crippen MR) is 72.6 cm³/mol. The SMILES string of the molecule is Cc1ccc2c(CSCC(N)=O)cc(=O)oc2c1. The summed E-state index contributed by atoms with van der Waals surface area (Å²) in [6.07, 6.45) is 0. The Bertz CT molecular complexity index is 648. The number of hydrogen-bond acceptors (Lipinski definition) is 4. The van der Waals surface area contributed by atoms with Gasteiger partial charge in [0.25, 0.3) is 0 Å². The van der Waals surface area contributed by atoms with Gasteiger partial charge in [-0.2, -0.15) is 0 Å². The molecule has 4 nitrogen and oxygen atoms in total. The van der Waals surface area contributed by atoms with Crippen molar-refractivity contribution in [2.45, 2.75) is 12.7 Å². The number of rotatable bonds is 4. The number of hydrogen-bond donors (Lipinski definition) is 1. The minimum atomic E-state index is -0.372. The average Bonchev–Trinajstić information content (AvgIpc) is 2.27. The Morgan fingerprint density at radius 3 is 2.89 bits per heavy atom. The summed E-state index contributed by atoms with van der Waals surface area (Å²) in [6, 6.07) is 7.18. The number of primary amides is 1. The van der Waals surface area contributed by atoms with E-state index in [0.717, 1.165) is 16.5 Å². The third-order valence-corrected chi connectivity index (χ3v) is 3.49. The summed E-state index contributed by atoms with van der Waals surface area (Å²) in [5.74, 6) is 0.449. The lowest BCUT2D eigenvalue weighted by Crippen LogP contribution is -2.13. The molecule has 0 saturated carbocycles. The molecule has 0 aliphatic carbocycles. The molecule has 0 spiro atoms. The highest BCUT2D eigenvalue weighted by Gasteiger charge is 2.06. The van der Waals surface area contributed by atoms with E-state index in [2.05, 4.69) is 0 Å². The molecule has 0 fully saturated rings. The zero-order valence-electron chi connectivity index (χ0n) is 9.93. The van der Waals surface area contributed by atoms with E-state index >= 15 is 0 Å². The van der Waals surface area contributed by atoms with Crippen molar-refractivity contribution in [3.05, 3.63) is 45.8 Å². The first-order valence-electron chi connectivity index (χ1n) is 5.46. The van der Waals surface area contributed by atoms with Gasteiger partial charge in [-0.15, -0.1) is 11.8 Å². The van der Waals surface area contributed by atoms with Crippen LogP contribution in [0.2, 0.25) is 0 Å². The van der Waals surface area contributed by atoms with Gasteiger partial charge in [-0.3, -0.25) is 4.79 Å². The van der Waals surface area contributed by atoms with Crippen LogP contribution in [0.1, 0.15) is 11.1 Å². The van der Waals surface area contributed by atoms with Crippen LogP contribution >= 0.6 is 11.8 Å². The van der Waals surface area contributed by atoms with Crippen LogP contribution in [0.15, 0.2) is 33.5 Å². The molecule has 0 unspecified atom stereocenters. The number of carbonyl (C=O) groups excluding carboxylic acids is 1. The van der Waals surface area contributed by atoms with E-state index in [4.69, 9.17) is 10.2 Å². The molecule has 1 amide bonds. The van der Waals surface area contributed by atoms with Crippen LogP contribution in [-0.4, -0.2) is 11.7 Å². The fraction of sp³-hybridized carbons (Fsp3) is 0.231. The third kappa shape index (κ3) is 2.92. The standard InChI is InChI=1S/C13H13NO3S/c1-8-2-3-10-9(6-18-7-12(14)15)5-13(16)17-11(10)4-8/h2-5H,6-7H2,1H3,(H2,14,15). The summed E-state index contributed by atoms with van der Waals surface area (Å²) in [4.78, 5) is 22.1. The quantitative estimate of drug-likeness (QED) is 0.854. The lowest BCUT2D eigenvalue weighted by molar-refractivity contribution is -0.115. The maximum absolute atomic E-state index is 11.4. The molecule has 0 bridgehead atoms. The van der Waals surface area contributed by atoms with Crippen LogP contribution in [0.3, 0.4) is 0 Å². The smallest absolute Gasteiger partial charge is 0.336 e. The summed E-state index contributed by atoms with van der Waals surface area (Å²) in [6.45, 7) is 1.94. The number of aryl methyl sites for hydroxylation is 1. The number of amides is 1. The van der Waals surface area contributed by atoms with Crippen molar-refractivity contribution < 1.29 is 9.21 Å². The fourth-order valence-electron chi connectivity index (χ4n) is 1.72. The van der Waals surface area contributed by atoms with Crippen molar-refractivity contribution in [3.63, 3.8) is 0 Å². The number of thioether (sulfide) groups is 1. The molecule has 0 aliphatic heterocycles. The van der Waals surface area contributed by atoms with Gasteiger partial charge >= 0.3 is 5.63 Å². The Kier molecular flexibility index (Phi) is 3.72. The number of benzene rings is 1. The van der Waals surface area contributed by atoms with Gasteiger partial charge in [-0.05, 0) is 24.1 Å². The number of nitrogens with two attached hydrogens (primary N) is 1. The van der Waals surface area contributed by atoms with Crippen molar-refractivity contribution >= 4 is 28.6 Å². The van der Waals surface area contributed by atoms with Crippen LogP contribution < -0.4 is 11.4 Å². The summed E-state index contributed by atoms with van der Waals surface area (Å²) in [5.41, 5.74) is 7.19. The molecule has 2 N–H and O–H groups in total. The second kappa shape index (κ2) is 5.27. The molecule has 0 saturated heterocycles. The zero-order valence-corrected chi connectivity index (χ0v) is 10.8. The van der Waals surface area contributed by atoms with Crippen molar-refractivity contribution in [3.8, 4) is 0 Å². The van der Waals surface area contributed by atoms with E-state index in [1.54, 1.807) is 0 Å². The van der Waals surface area contributed by atoms with Crippen molar-refractivity contribution in [2.75, 3.05) is 5.75 Å². The van der Waals surface area contributed by atoms with Gasteiger partial charge in [0.05, 0.1) is 5.75 Å². The van der Waals surface area contributed by atoms with Gasteiger partial charge < -0.3 is 10.2 Å². The van der Waals surface area contributed by atoms with Gasteiger partial charge in [-0.25, -0.2) is 4.79 Å². The highest BCUT2D eigenvalue weighted by Crippen LogP contribution is 2.22. The van der Waals surface area contributed by atoms with Crippen molar-refractivity contribution in [2.24, 2.45) is 5.73 Å². The van der Waals surface area contributed by atoms with E-state index in [-0.39, 0.29) is 17.3 Å². The molecule has 18 heavy (non-hydrogen) atoms. The van der Waals surface area contributed by atoms with Gasteiger partial charge in [0, 0.05) is 17.2 Å². The normalized spacial score (nSPS) is 10.7. The van der Waals surface area contributed by atoms with Gasteiger partial charge in [0.2, 0.25) is 5.91 Å². The number of fused-ring (bicyclic) bond motifs is 1. The van der Waals surface area contributed by atoms with Crippen LogP contribution in [-0.2, 0) is 10.5 Å². The first kappa shape index (κ1) is 12.7. The topological polar surface area (TPSA) is 73.3 Å². The molecular formula is C13H13NO3S. The molecule has 1 heterocycles. The number of carbonyl (C=O) groups is 1. The van der Waals surface area contributed by atoms with Crippen LogP contribution in [0.25, 0.3) is 11.0 Å². The minimum Gasteiger partial charge on any atom is -0.423 e. The van der Waals surface area contributed by atoms with E-state index in [9.17, 15) is 9.59 Å². The monoisotopic (exact) mass is 263 g/mol. The summed E-state index contributed by atoms with van der Waals surface area (Å²) < 4.78 is 5.15. The Balaban J connectivity index is 2.37. The summed E-state index contributed by atoms with van der Waals surface area (Å²) in [5, 5.41) is 0.900. The van der Waals surface area contributed by atoms with E-state index in [1.165, 1.54) is 17.8 Å². The highest BCUT2D eigenvalue weighted by atomic mass is 32.2. The fourth-order valence-corrected chi connectivity index (χ4v) is 2.48. The molecule has 0 aliphatic rings. The van der Waals surface area contributed by atoms with Crippen LogP contribution in [0, 0.1) is 6.92 Å². The van der Waals surface area contributed by atoms with Crippen LogP contribution in [0.4, 0.5) is 0 Å². The Labute approximate surface area is 108 Å². The van der Waals surface area contributed by atoms with Gasteiger partial charge in [-0.1, -0.05) is 12.1 Å². The van der Waals surface area contributed by atoms with E-state index < -0.39 is 0 Å². The average molecular weight is 263 g/mol. The largest absolute Gasteiger partial charge is 0.423 e. The maximum atomic E-state index is 11.4. The minimum absolute atomic E-state index is 0.244. The second-order valence-corrected chi connectivity index (χ2v) is 5.03. The lowest BCUT2D eigenvalue weighted by atomic mass is 10.1. The summed E-state index contributed by atoms with van der Waals surface area (Å²) >= 11 is 1.39. The zero-order chi connectivity index (χ0) is 13.1. The molecule has 1 aromatic heterocycles. The molecule has 2 aromatic rings. The molecule has 0 radical (unpaired) electrons. The molecule has 2 rings (SSSR count). The van der Waals surface area contributed by atoms with E-state index in [1.807, 2.05) is 25.1 Å². The Morgan fingerprint density at radius 2 is 2.17 bits per heavy atom. The molecule has 5 heteroatoms. The lowest BCUT2D eigenvalue weighted by Gasteiger charge is -2.05. The van der Waals surface area contributed by atoms with E-state index in [0.29, 0.717) is 11.3 Å². The third-order valence-electron chi connectivity index (χ3n) is 2.49. The molecule has 0 atom stereocenters. The first-order valence-corrected chi connectivity index (χ1v) is 6.61. The first-order chi connectivity index (χ1) is 8.56. The second-order valence-electron chi connectivity index (χ2n) is 4.05. The van der Waals surface area contributed by atoms with Crippen LogP contribution in [0.5, 0.6) is 0 Å². The highest BCUT2D eigenvalue weighted by molar-refractivity contribution is 7.99.